The third-order valence-corrected chi connectivity index (χ3v) is 3.35. The Morgan fingerprint density at radius 3 is 2.82 bits per heavy atom. The van der Waals surface area contributed by atoms with Crippen LogP contribution in [0.15, 0.2) is 18.2 Å². The largest absolute Gasteiger partial charge is 0.505 e. The summed E-state index contributed by atoms with van der Waals surface area (Å²) in [6.07, 6.45) is 3.57. The molecule has 1 aromatic rings. The molecule has 0 spiro atoms. The highest BCUT2D eigenvalue weighted by atomic mass is 19.1. The lowest BCUT2D eigenvalue weighted by molar-refractivity contribution is 0.0901. The van der Waals surface area contributed by atoms with E-state index in [4.69, 9.17) is 0 Å². The molecule has 2 atom stereocenters. The van der Waals surface area contributed by atoms with Crippen molar-refractivity contribution in [3.05, 3.63) is 29.6 Å². The minimum absolute atomic E-state index is 0.0476. The van der Waals surface area contributed by atoms with Gasteiger partial charge in [-0.05, 0) is 18.9 Å². The first-order valence-corrected chi connectivity index (χ1v) is 6.06. The number of rotatable bonds is 3. The lowest BCUT2D eigenvalue weighted by atomic mass is 9.92. The molecule has 0 heterocycles. The van der Waals surface area contributed by atoms with E-state index in [9.17, 15) is 14.6 Å². The maximum Gasteiger partial charge on any atom is 0.165 e. The second kappa shape index (κ2) is 5.47. The smallest absolute Gasteiger partial charge is 0.165 e. The molecular formula is C13H18FNO2. The Labute approximate surface area is 100 Å². The Bertz CT molecular complexity index is 384. The number of aliphatic hydroxyl groups excluding tert-OH is 1. The van der Waals surface area contributed by atoms with Crippen LogP contribution in [0.2, 0.25) is 0 Å². The summed E-state index contributed by atoms with van der Waals surface area (Å²) >= 11 is 0. The first-order valence-electron chi connectivity index (χ1n) is 6.06. The van der Waals surface area contributed by atoms with Crippen molar-refractivity contribution < 1.29 is 14.6 Å². The SMILES string of the molecule is Oc1c(F)cccc1CNC1CCCCC1O. The normalized spacial score (nSPS) is 24.8. The molecule has 3 nitrogen and oxygen atoms in total. The average molecular weight is 239 g/mol. The van der Waals surface area contributed by atoms with E-state index in [2.05, 4.69) is 5.32 Å². The van der Waals surface area contributed by atoms with E-state index in [1.54, 1.807) is 12.1 Å². The third-order valence-electron chi connectivity index (χ3n) is 3.35. The van der Waals surface area contributed by atoms with E-state index in [-0.39, 0.29) is 17.9 Å². The Morgan fingerprint density at radius 2 is 2.06 bits per heavy atom. The Morgan fingerprint density at radius 1 is 1.29 bits per heavy atom. The number of nitrogens with one attached hydrogen (secondary N) is 1. The van der Waals surface area contributed by atoms with Crippen LogP contribution in [-0.2, 0) is 6.54 Å². The molecule has 4 heteroatoms. The minimum Gasteiger partial charge on any atom is -0.505 e. The van der Waals surface area contributed by atoms with Crippen molar-refractivity contribution >= 4 is 0 Å². The van der Waals surface area contributed by atoms with Gasteiger partial charge in [0.25, 0.3) is 0 Å². The van der Waals surface area contributed by atoms with Crippen LogP contribution in [-0.4, -0.2) is 22.4 Å². The highest BCUT2D eigenvalue weighted by Gasteiger charge is 2.22. The molecule has 17 heavy (non-hydrogen) atoms. The molecule has 0 amide bonds. The Hall–Kier alpha value is -1.13. The van der Waals surface area contributed by atoms with Crippen LogP contribution < -0.4 is 5.32 Å². The minimum atomic E-state index is -0.603. The van der Waals surface area contributed by atoms with E-state index >= 15 is 0 Å². The van der Waals surface area contributed by atoms with Crippen molar-refractivity contribution in [2.24, 2.45) is 0 Å². The number of aliphatic hydroxyl groups is 1. The van der Waals surface area contributed by atoms with Gasteiger partial charge in [0.15, 0.2) is 11.6 Å². The molecule has 3 N–H and O–H groups in total. The maximum absolute atomic E-state index is 13.1. The highest BCUT2D eigenvalue weighted by molar-refractivity contribution is 5.33. The second-order valence-electron chi connectivity index (χ2n) is 4.59. The van der Waals surface area contributed by atoms with Gasteiger partial charge in [0, 0.05) is 18.2 Å². The van der Waals surface area contributed by atoms with Gasteiger partial charge in [0.2, 0.25) is 0 Å². The second-order valence-corrected chi connectivity index (χ2v) is 4.59. The van der Waals surface area contributed by atoms with Gasteiger partial charge in [0.05, 0.1) is 6.10 Å². The molecule has 1 aliphatic carbocycles. The topological polar surface area (TPSA) is 52.5 Å². The molecule has 1 saturated carbocycles. The fourth-order valence-corrected chi connectivity index (χ4v) is 2.29. The molecule has 1 aliphatic rings. The van der Waals surface area contributed by atoms with Gasteiger partial charge in [-0.3, -0.25) is 0 Å². The zero-order valence-corrected chi connectivity index (χ0v) is 9.69. The average Bonchev–Trinajstić information content (AvgIpc) is 2.33. The van der Waals surface area contributed by atoms with Gasteiger partial charge >= 0.3 is 0 Å². The van der Waals surface area contributed by atoms with E-state index in [1.807, 2.05) is 0 Å². The lowest BCUT2D eigenvalue weighted by Gasteiger charge is -2.28. The Balaban J connectivity index is 1.95. The zero-order chi connectivity index (χ0) is 12.3. The van der Waals surface area contributed by atoms with Crippen molar-refractivity contribution in [1.82, 2.24) is 5.32 Å². The summed E-state index contributed by atoms with van der Waals surface area (Å²) in [6.45, 7) is 0.380. The number of halogens is 1. The van der Waals surface area contributed by atoms with Crippen LogP contribution in [0, 0.1) is 5.82 Å². The van der Waals surface area contributed by atoms with Gasteiger partial charge in [0.1, 0.15) is 0 Å². The molecule has 2 rings (SSSR count). The molecular weight excluding hydrogens is 221 g/mol. The van der Waals surface area contributed by atoms with E-state index in [1.165, 1.54) is 6.07 Å². The Kier molecular flexibility index (Phi) is 3.97. The molecule has 1 fully saturated rings. The van der Waals surface area contributed by atoms with Crippen molar-refractivity contribution in [2.45, 2.75) is 44.4 Å². The maximum atomic E-state index is 13.1. The molecule has 0 bridgehead atoms. The fraction of sp³-hybridized carbons (Fsp3) is 0.538. The predicted molar refractivity (Wildman–Crippen MR) is 63.2 cm³/mol. The van der Waals surface area contributed by atoms with E-state index < -0.39 is 5.82 Å². The summed E-state index contributed by atoms with van der Waals surface area (Å²) < 4.78 is 13.1. The summed E-state index contributed by atoms with van der Waals surface area (Å²) in [6, 6.07) is 4.53. The summed E-state index contributed by atoms with van der Waals surface area (Å²) in [5.74, 6) is -0.904. The summed E-state index contributed by atoms with van der Waals surface area (Å²) in [4.78, 5) is 0. The van der Waals surface area contributed by atoms with Crippen LogP contribution >= 0.6 is 0 Å². The number of hydrogen-bond acceptors (Lipinski definition) is 3. The lowest BCUT2D eigenvalue weighted by Crippen LogP contribution is -2.41. The van der Waals surface area contributed by atoms with Crippen molar-refractivity contribution in [1.29, 1.82) is 0 Å². The molecule has 0 aromatic heterocycles. The first-order chi connectivity index (χ1) is 8.18. The fourth-order valence-electron chi connectivity index (χ4n) is 2.29. The van der Waals surface area contributed by atoms with E-state index in [0.717, 1.165) is 25.7 Å². The van der Waals surface area contributed by atoms with Crippen molar-refractivity contribution in [2.75, 3.05) is 0 Å². The van der Waals surface area contributed by atoms with Gasteiger partial charge in [-0.25, -0.2) is 4.39 Å². The van der Waals surface area contributed by atoms with Crippen LogP contribution in [0.4, 0.5) is 4.39 Å². The quantitative estimate of drug-likeness (QED) is 0.755. The van der Waals surface area contributed by atoms with Crippen LogP contribution in [0.25, 0.3) is 0 Å². The number of aromatic hydroxyl groups is 1. The van der Waals surface area contributed by atoms with Gasteiger partial charge < -0.3 is 15.5 Å². The first kappa shape index (κ1) is 12.3. The van der Waals surface area contributed by atoms with Crippen LogP contribution in [0.5, 0.6) is 5.75 Å². The van der Waals surface area contributed by atoms with Gasteiger partial charge in [-0.2, -0.15) is 0 Å². The monoisotopic (exact) mass is 239 g/mol. The van der Waals surface area contributed by atoms with Gasteiger partial charge in [-0.1, -0.05) is 25.0 Å². The van der Waals surface area contributed by atoms with Crippen LogP contribution in [0.1, 0.15) is 31.2 Å². The molecule has 2 unspecified atom stereocenters. The molecule has 94 valence electrons. The number of para-hydroxylation sites is 1. The summed E-state index contributed by atoms with van der Waals surface area (Å²) in [5.41, 5.74) is 0.530. The number of phenols is 1. The third kappa shape index (κ3) is 2.96. The summed E-state index contributed by atoms with van der Waals surface area (Å²) in [7, 11) is 0. The number of hydrogen-bond donors (Lipinski definition) is 3. The molecule has 0 aliphatic heterocycles. The molecule has 0 saturated heterocycles. The number of benzene rings is 1. The van der Waals surface area contributed by atoms with Crippen LogP contribution in [0.3, 0.4) is 0 Å². The zero-order valence-electron chi connectivity index (χ0n) is 9.69. The highest BCUT2D eigenvalue weighted by Crippen LogP contribution is 2.22. The van der Waals surface area contributed by atoms with Gasteiger partial charge in [-0.15, -0.1) is 0 Å². The standard InChI is InChI=1S/C13H18FNO2/c14-10-5-3-4-9(13(10)17)8-15-11-6-1-2-7-12(11)16/h3-5,11-12,15-17H,1-2,6-8H2. The molecule has 0 radical (unpaired) electrons. The summed E-state index contributed by atoms with van der Waals surface area (Å²) in [5, 5.41) is 22.5. The predicted octanol–water partition coefficient (Wildman–Crippen LogP) is 1.92. The van der Waals surface area contributed by atoms with E-state index in [0.29, 0.717) is 12.1 Å². The van der Waals surface area contributed by atoms with Crippen molar-refractivity contribution in [3.63, 3.8) is 0 Å². The number of phenolic OH excluding ortho intramolecular Hbond substituents is 1. The van der Waals surface area contributed by atoms with Crippen molar-refractivity contribution in [3.8, 4) is 5.75 Å². The molecule has 1 aromatic carbocycles.